The molecule has 1 N–H and O–H groups in total. The lowest BCUT2D eigenvalue weighted by Crippen LogP contribution is -2.54. The highest BCUT2D eigenvalue weighted by molar-refractivity contribution is 5.81. The quantitative estimate of drug-likeness (QED) is 0.837. The number of nitriles is 1. The topological polar surface area (TPSA) is 59.4 Å². The molecule has 0 radical (unpaired) electrons. The highest BCUT2D eigenvalue weighted by Gasteiger charge is 2.26. The molecule has 1 aliphatic rings. The third-order valence-electron chi connectivity index (χ3n) is 4.08. The Kier molecular flexibility index (Phi) is 5.72. The van der Waals surface area contributed by atoms with Crippen molar-refractivity contribution in [2.24, 2.45) is 0 Å². The Labute approximate surface area is 136 Å². The Morgan fingerprint density at radius 3 is 2.74 bits per heavy atom. The van der Waals surface area contributed by atoms with Crippen molar-refractivity contribution in [2.75, 3.05) is 37.6 Å². The van der Waals surface area contributed by atoms with Crippen molar-refractivity contribution < 1.29 is 9.18 Å². The third-order valence-corrected chi connectivity index (χ3v) is 4.08. The summed E-state index contributed by atoms with van der Waals surface area (Å²) in [6, 6.07) is 6.23. The van der Waals surface area contributed by atoms with Gasteiger partial charge in [0.05, 0.1) is 23.4 Å². The number of rotatable bonds is 5. The van der Waals surface area contributed by atoms with Crippen molar-refractivity contribution >= 4 is 11.6 Å². The zero-order chi connectivity index (χ0) is 16.8. The summed E-state index contributed by atoms with van der Waals surface area (Å²) in [5.41, 5.74) is 0.824. The fraction of sp³-hybridized carbons (Fsp3) is 0.412. The minimum absolute atomic E-state index is 0.0251. The van der Waals surface area contributed by atoms with E-state index in [1.807, 2.05) is 17.9 Å². The van der Waals surface area contributed by atoms with Crippen molar-refractivity contribution in [1.82, 2.24) is 10.2 Å². The maximum atomic E-state index is 14.1. The van der Waals surface area contributed by atoms with Crippen LogP contribution in [0.5, 0.6) is 0 Å². The van der Waals surface area contributed by atoms with Gasteiger partial charge in [0.1, 0.15) is 5.82 Å². The van der Waals surface area contributed by atoms with Crippen LogP contribution in [0.15, 0.2) is 30.9 Å². The first-order chi connectivity index (χ1) is 11.1. The monoisotopic (exact) mass is 316 g/mol. The molecule has 122 valence electrons. The summed E-state index contributed by atoms with van der Waals surface area (Å²) < 4.78 is 14.1. The number of carbonyl (C=O) groups is 1. The van der Waals surface area contributed by atoms with Gasteiger partial charge in [0.25, 0.3) is 0 Å². The number of hydrogen-bond acceptors (Lipinski definition) is 4. The second kappa shape index (κ2) is 7.75. The summed E-state index contributed by atoms with van der Waals surface area (Å²) in [6.45, 7) is 8.55. The zero-order valence-electron chi connectivity index (χ0n) is 13.3. The van der Waals surface area contributed by atoms with E-state index < -0.39 is 0 Å². The standard InChI is InChI=1S/C17H21FN4O/c1-3-6-20-17(23)13(2)21-7-9-22(10-8-21)16-5-4-14(12-19)11-15(16)18/h3-5,11,13H,1,6-10H2,2H3,(H,20,23)/t13-/m1/s1. The van der Waals surface area contributed by atoms with Gasteiger partial charge in [-0.3, -0.25) is 9.69 Å². The zero-order valence-corrected chi connectivity index (χ0v) is 13.3. The fourth-order valence-corrected chi connectivity index (χ4v) is 2.67. The summed E-state index contributed by atoms with van der Waals surface area (Å²) in [6.07, 6.45) is 1.65. The van der Waals surface area contributed by atoms with E-state index in [9.17, 15) is 9.18 Å². The van der Waals surface area contributed by atoms with Gasteiger partial charge in [-0.15, -0.1) is 6.58 Å². The number of carbonyl (C=O) groups excluding carboxylic acids is 1. The molecule has 5 nitrogen and oxygen atoms in total. The average Bonchev–Trinajstić information content (AvgIpc) is 2.59. The summed E-state index contributed by atoms with van der Waals surface area (Å²) in [5, 5.41) is 11.6. The molecule has 0 aromatic heterocycles. The maximum Gasteiger partial charge on any atom is 0.237 e. The Bertz CT molecular complexity index is 618. The first-order valence-corrected chi connectivity index (χ1v) is 7.64. The van der Waals surface area contributed by atoms with Gasteiger partial charge in [-0.05, 0) is 25.1 Å². The van der Waals surface area contributed by atoms with E-state index in [0.29, 0.717) is 44.0 Å². The number of halogens is 1. The number of nitrogens with zero attached hydrogens (tertiary/aromatic N) is 3. The van der Waals surface area contributed by atoms with Crippen LogP contribution >= 0.6 is 0 Å². The van der Waals surface area contributed by atoms with Gasteiger partial charge in [-0.2, -0.15) is 5.26 Å². The highest BCUT2D eigenvalue weighted by atomic mass is 19.1. The molecular formula is C17H21FN4O. The number of nitrogens with one attached hydrogen (secondary N) is 1. The van der Waals surface area contributed by atoms with Crippen molar-refractivity contribution in [3.05, 3.63) is 42.2 Å². The minimum Gasteiger partial charge on any atom is -0.367 e. The number of benzene rings is 1. The number of amides is 1. The van der Waals surface area contributed by atoms with Crippen molar-refractivity contribution in [1.29, 1.82) is 5.26 Å². The molecular weight excluding hydrogens is 295 g/mol. The van der Waals surface area contributed by atoms with Crippen LogP contribution in [0.2, 0.25) is 0 Å². The lowest BCUT2D eigenvalue weighted by atomic mass is 10.1. The van der Waals surface area contributed by atoms with Crippen LogP contribution in [0.3, 0.4) is 0 Å². The van der Waals surface area contributed by atoms with E-state index >= 15 is 0 Å². The fourth-order valence-electron chi connectivity index (χ4n) is 2.67. The van der Waals surface area contributed by atoms with Crippen LogP contribution < -0.4 is 10.2 Å². The summed E-state index contributed by atoms with van der Waals surface area (Å²) in [4.78, 5) is 16.0. The van der Waals surface area contributed by atoms with Crippen molar-refractivity contribution in [3.63, 3.8) is 0 Å². The maximum absolute atomic E-state index is 14.1. The Balaban J connectivity index is 1.95. The van der Waals surface area contributed by atoms with Crippen molar-refractivity contribution in [2.45, 2.75) is 13.0 Å². The van der Waals surface area contributed by atoms with E-state index in [0.717, 1.165) is 0 Å². The first-order valence-electron chi connectivity index (χ1n) is 7.64. The van der Waals surface area contributed by atoms with E-state index in [1.165, 1.54) is 6.07 Å². The van der Waals surface area contributed by atoms with Gasteiger partial charge in [0, 0.05) is 32.7 Å². The van der Waals surface area contributed by atoms with Gasteiger partial charge in [0.2, 0.25) is 5.91 Å². The predicted molar refractivity (Wildman–Crippen MR) is 87.6 cm³/mol. The smallest absolute Gasteiger partial charge is 0.237 e. The molecule has 1 aromatic carbocycles. The molecule has 1 atom stereocenters. The van der Waals surface area contributed by atoms with Crippen LogP contribution in [-0.4, -0.2) is 49.6 Å². The number of piperazine rings is 1. The molecule has 0 spiro atoms. The van der Waals surface area contributed by atoms with E-state index in [2.05, 4.69) is 16.8 Å². The minimum atomic E-state index is -0.380. The van der Waals surface area contributed by atoms with Gasteiger partial charge in [-0.25, -0.2) is 4.39 Å². The highest BCUT2D eigenvalue weighted by Crippen LogP contribution is 2.22. The Morgan fingerprint density at radius 1 is 1.48 bits per heavy atom. The molecule has 1 fully saturated rings. The lowest BCUT2D eigenvalue weighted by Gasteiger charge is -2.38. The molecule has 0 bridgehead atoms. The summed E-state index contributed by atoms with van der Waals surface area (Å²) >= 11 is 0. The van der Waals surface area contributed by atoms with E-state index in [-0.39, 0.29) is 17.8 Å². The van der Waals surface area contributed by atoms with Crippen LogP contribution in [-0.2, 0) is 4.79 Å². The normalized spacial score (nSPS) is 16.5. The first kappa shape index (κ1) is 17.0. The molecule has 0 aliphatic carbocycles. The molecule has 1 saturated heterocycles. The number of anilines is 1. The van der Waals surface area contributed by atoms with Gasteiger partial charge in [0.15, 0.2) is 0 Å². The molecule has 23 heavy (non-hydrogen) atoms. The Morgan fingerprint density at radius 2 is 2.17 bits per heavy atom. The van der Waals surface area contributed by atoms with Gasteiger partial charge in [-0.1, -0.05) is 6.08 Å². The molecule has 6 heteroatoms. The van der Waals surface area contributed by atoms with Crippen molar-refractivity contribution in [3.8, 4) is 6.07 Å². The van der Waals surface area contributed by atoms with Crippen LogP contribution in [0, 0.1) is 17.1 Å². The summed E-state index contributed by atoms with van der Waals surface area (Å²) in [7, 11) is 0. The average molecular weight is 316 g/mol. The lowest BCUT2D eigenvalue weighted by molar-refractivity contribution is -0.125. The molecule has 2 rings (SSSR count). The van der Waals surface area contributed by atoms with E-state index in [1.54, 1.807) is 18.2 Å². The molecule has 1 heterocycles. The second-order valence-corrected chi connectivity index (χ2v) is 5.51. The summed E-state index contributed by atoms with van der Waals surface area (Å²) in [5.74, 6) is -0.405. The SMILES string of the molecule is C=CCNC(=O)[C@@H](C)N1CCN(c2ccc(C#N)cc2F)CC1. The molecule has 1 amide bonds. The predicted octanol–water partition coefficient (Wildman–Crippen LogP) is 1.51. The largest absolute Gasteiger partial charge is 0.367 e. The molecule has 0 saturated carbocycles. The number of hydrogen-bond donors (Lipinski definition) is 1. The van der Waals surface area contributed by atoms with Crippen LogP contribution in [0.1, 0.15) is 12.5 Å². The van der Waals surface area contributed by atoms with E-state index in [4.69, 9.17) is 5.26 Å². The second-order valence-electron chi connectivity index (χ2n) is 5.51. The van der Waals surface area contributed by atoms with Crippen LogP contribution in [0.4, 0.5) is 10.1 Å². The molecule has 1 aliphatic heterocycles. The molecule has 0 unspecified atom stereocenters. The third kappa shape index (κ3) is 4.08. The van der Waals surface area contributed by atoms with Gasteiger partial charge < -0.3 is 10.2 Å². The van der Waals surface area contributed by atoms with Crippen LogP contribution in [0.25, 0.3) is 0 Å². The Hall–Kier alpha value is -2.39. The molecule has 1 aromatic rings. The van der Waals surface area contributed by atoms with Gasteiger partial charge >= 0.3 is 0 Å².